The Hall–Kier alpha value is -2.09. The second-order valence-corrected chi connectivity index (χ2v) is 9.40. The van der Waals surface area contributed by atoms with Crippen LogP contribution in [0, 0.1) is 5.82 Å². The second-order valence-electron chi connectivity index (χ2n) is 6.66. The molecule has 0 saturated carbocycles. The van der Waals surface area contributed by atoms with Crippen molar-refractivity contribution >= 4 is 31.9 Å². The van der Waals surface area contributed by atoms with Crippen molar-refractivity contribution in [3.8, 4) is 5.75 Å². The lowest BCUT2D eigenvalue weighted by Gasteiger charge is -2.34. The molecular formula is C19H22BrFN2O7S. The van der Waals surface area contributed by atoms with E-state index >= 15 is 0 Å². The quantitative estimate of drug-likeness (QED) is 0.422. The standard InChI is InChI=1S/C19H19BrFNO6S.H3NO/c20-17-7-1-13(21)9-12(17)11-28-15-3-5-16(6-4-15)29(26,27)22-10-14(23)2-8-18(22)19(24)25;1-2/h1,3-7,9,14,18,23H,2,8,10-11H2,(H,24,25);2H,1H2. The Morgan fingerprint density at radius 3 is 2.45 bits per heavy atom. The Kier molecular flexibility index (Phi) is 8.91. The van der Waals surface area contributed by atoms with E-state index in [0.717, 1.165) is 4.31 Å². The van der Waals surface area contributed by atoms with E-state index in [9.17, 15) is 27.8 Å². The van der Waals surface area contributed by atoms with E-state index in [2.05, 4.69) is 21.8 Å². The van der Waals surface area contributed by atoms with Crippen LogP contribution in [0.25, 0.3) is 0 Å². The molecule has 12 heteroatoms. The summed E-state index contributed by atoms with van der Waals surface area (Å²) in [4.78, 5) is 11.3. The molecule has 170 valence electrons. The van der Waals surface area contributed by atoms with Crippen LogP contribution < -0.4 is 10.6 Å². The van der Waals surface area contributed by atoms with Crippen molar-refractivity contribution in [2.75, 3.05) is 6.54 Å². The van der Waals surface area contributed by atoms with Gasteiger partial charge in [-0.25, -0.2) is 18.7 Å². The molecule has 0 amide bonds. The van der Waals surface area contributed by atoms with Crippen LogP contribution in [0.4, 0.5) is 4.39 Å². The van der Waals surface area contributed by atoms with Crippen LogP contribution >= 0.6 is 15.9 Å². The van der Waals surface area contributed by atoms with Crippen molar-refractivity contribution in [2.45, 2.75) is 36.5 Å². The second kappa shape index (κ2) is 11.0. The van der Waals surface area contributed by atoms with Gasteiger partial charge in [0, 0.05) is 16.6 Å². The number of rotatable bonds is 6. The normalized spacial score (nSPS) is 19.3. The van der Waals surface area contributed by atoms with Gasteiger partial charge in [0.1, 0.15) is 24.2 Å². The van der Waals surface area contributed by atoms with E-state index in [1.165, 1.54) is 36.4 Å². The van der Waals surface area contributed by atoms with Crippen LogP contribution in [0.3, 0.4) is 0 Å². The van der Waals surface area contributed by atoms with Gasteiger partial charge in [-0.05, 0) is 55.3 Å². The summed E-state index contributed by atoms with van der Waals surface area (Å²) in [5.41, 5.74) is 0.591. The highest BCUT2D eigenvalue weighted by Gasteiger charge is 2.40. The van der Waals surface area contributed by atoms with Crippen molar-refractivity contribution < 1.29 is 37.8 Å². The van der Waals surface area contributed by atoms with Gasteiger partial charge in [0.15, 0.2) is 0 Å². The van der Waals surface area contributed by atoms with E-state index in [0.29, 0.717) is 15.8 Å². The van der Waals surface area contributed by atoms with Gasteiger partial charge in [0.25, 0.3) is 0 Å². The molecule has 1 aliphatic heterocycles. The number of carboxylic acid groups (broad SMARTS) is 1. The molecule has 1 fully saturated rings. The first-order valence-corrected chi connectivity index (χ1v) is 11.3. The minimum atomic E-state index is -4.11. The number of carbonyl (C=O) groups is 1. The van der Waals surface area contributed by atoms with Gasteiger partial charge in [-0.2, -0.15) is 4.31 Å². The van der Waals surface area contributed by atoms with Crippen LogP contribution in [-0.4, -0.2) is 52.8 Å². The van der Waals surface area contributed by atoms with Crippen LogP contribution in [0.15, 0.2) is 51.8 Å². The number of nitrogens with zero attached hydrogens (tertiary/aromatic N) is 1. The van der Waals surface area contributed by atoms with Crippen molar-refractivity contribution in [3.05, 3.63) is 58.3 Å². The summed E-state index contributed by atoms with van der Waals surface area (Å²) in [6.07, 6.45) is -0.641. The fourth-order valence-electron chi connectivity index (χ4n) is 3.09. The molecule has 0 aliphatic carbocycles. The molecule has 3 rings (SSSR count). The molecule has 0 spiro atoms. The number of halogens is 2. The van der Waals surface area contributed by atoms with E-state index in [-0.39, 0.29) is 30.9 Å². The van der Waals surface area contributed by atoms with Crippen LogP contribution in [-0.2, 0) is 21.4 Å². The number of benzene rings is 2. The van der Waals surface area contributed by atoms with Gasteiger partial charge in [0.2, 0.25) is 10.0 Å². The number of hydrogen-bond donors (Lipinski definition) is 4. The number of β-amino-alcohol motifs (C(OH)–C–C–N with tert-alkyl or cyclic N) is 1. The first-order chi connectivity index (χ1) is 14.7. The van der Waals surface area contributed by atoms with Crippen molar-refractivity contribution in [3.63, 3.8) is 0 Å². The summed E-state index contributed by atoms with van der Waals surface area (Å²) in [7, 11) is -4.11. The van der Waals surface area contributed by atoms with E-state index in [1.807, 2.05) is 0 Å². The van der Waals surface area contributed by atoms with Crippen LogP contribution in [0.1, 0.15) is 18.4 Å². The van der Waals surface area contributed by atoms with Crippen molar-refractivity contribution in [1.82, 2.24) is 4.31 Å². The largest absolute Gasteiger partial charge is 0.489 e. The number of carboxylic acids is 1. The molecule has 2 unspecified atom stereocenters. The molecule has 2 aromatic rings. The fourth-order valence-corrected chi connectivity index (χ4v) is 5.10. The molecular weight excluding hydrogens is 499 g/mol. The lowest BCUT2D eigenvalue weighted by atomic mass is 10.0. The number of piperidine rings is 1. The Labute approximate surface area is 187 Å². The Bertz CT molecular complexity index is 1000. The van der Waals surface area contributed by atoms with Gasteiger partial charge in [0.05, 0.1) is 11.0 Å². The molecule has 1 heterocycles. The highest BCUT2D eigenvalue weighted by Crippen LogP contribution is 2.27. The molecule has 0 radical (unpaired) electrons. The Balaban J connectivity index is 0.00000166. The van der Waals surface area contributed by atoms with Gasteiger partial charge < -0.3 is 20.2 Å². The summed E-state index contributed by atoms with van der Waals surface area (Å²) >= 11 is 3.31. The number of sulfonamides is 1. The summed E-state index contributed by atoms with van der Waals surface area (Å²) in [5.74, 6) is 2.22. The summed E-state index contributed by atoms with van der Waals surface area (Å²) in [6, 6.07) is 8.49. The number of nitrogens with two attached hydrogens (primary N) is 1. The van der Waals surface area contributed by atoms with E-state index in [4.69, 9.17) is 9.94 Å². The minimum Gasteiger partial charge on any atom is -0.489 e. The summed E-state index contributed by atoms with van der Waals surface area (Å²) in [5, 5.41) is 25.6. The maximum atomic E-state index is 13.3. The molecule has 9 nitrogen and oxygen atoms in total. The monoisotopic (exact) mass is 520 g/mol. The molecule has 1 aliphatic rings. The SMILES string of the molecule is NO.O=C(O)C1CCC(O)CN1S(=O)(=O)c1ccc(OCc2cc(F)ccc2Br)cc1. The smallest absolute Gasteiger partial charge is 0.322 e. The van der Waals surface area contributed by atoms with E-state index in [1.54, 1.807) is 6.07 Å². The lowest BCUT2D eigenvalue weighted by molar-refractivity contribution is -0.143. The van der Waals surface area contributed by atoms with Crippen molar-refractivity contribution in [2.24, 2.45) is 5.90 Å². The topological polar surface area (TPSA) is 150 Å². The van der Waals surface area contributed by atoms with Gasteiger partial charge in [-0.1, -0.05) is 15.9 Å². The Morgan fingerprint density at radius 1 is 1.19 bits per heavy atom. The van der Waals surface area contributed by atoms with Gasteiger partial charge in [-0.15, -0.1) is 0 Å². The highest BCUT2D eigenvalue weighted by atomic mass is 79.9. The zero-order chi connectivity index (χ0) is 23.2. The third kappa shape index (κ3) is 6.21. The predicted molar refractivity (Wildman–Crippen MR) is 111 cm³/mol. The molecule has 5 N–H and O–H groups in total. The molecule has 2 aromatic carbocycles. The summed E-state index contributed by atoms with van der Waals surface area (Å²) < 4.78 is 46.2. The van der Waals surface area contributed by atoms with Gasteiger partial charge >= 0.3 is 5.97 Å². The molecule has 2 atom stereocenters. The third-order valence-corrected chi connectivity index (χ3v) is 7.29. The predicted octanol–water partition coefficient (Wildman–Crippen LogP) is 2.10. The van der Waals surface area contributed by atoms with Crippen molar-refractivity contribution in [1.29, 1.82) is 0 Å². The van der Waals surface area contributed by atoms with Gasteiger partial charge in [-0.3, -0.25) is 4.79 Å². The zero-order valence-corrected chi connectivity index (χ0v) is 18.6. The molecule has 1 saturated heterocycles. The zero-order valence-electron chi connectivity index (χ0n) is 16.2. The maximum absolute atomic E-state index is 13.3. The third-order valence-electron chi connectivity index (χ3n) is 4.63. The molecule has 31 heavy (non-hydrogen) atoms. The number of aliphatic carboxylic acids is 1. The number of aliphatic hydroxyl groups is 1. The summed E-state index contributed by atoms with van der Waals surface area (Å²) in [6.45, 7) is -0.199. The van der Waals surface area contributed by atoms with E-state index < -0.39 is 34.0 Å². The fraction of sp³-hybridized carbons (Fsp3) is 0.316. The number of aliphatic hydroxyl groups excluding tert-OH is 1. The molecule has 0 aromatic heterocycles. The number of hydrogen-bond acceptors (Lipinski definition) is 7. The van der Waals surface area contributed by atoms with Crippen LogP contribution in [0.5, 0.6) is 5.75 Å². The lowest BCUT2D eigenvalue weighted by Crippen LogP contribution is -2.51. The average molecular weight is 521 g/mol. The highest BCUT2D eigenvalue weighted by molar-refractivity contribution is 9.10. The molecule has 0 bridgehead atoms. The first-order valence-electron chi connectivity index (χ1n) is 9.04. The average Bonchev–Trinajstić information content (AvgIpc) is 2.76. The minimum absolute atomic E-state index is 0.0411. The Morgan fingerprint density at radius 2 is 1.84 bits per heavy atom. The van der Waals surface area contributed by atoms with Crippen LogP contribution in [0.2, 0.25) is 0 Å². The number of ether oxygens (including phenoxy) is 1. The maximum Gasteiger partial charge on any atom is 0.322 e. The first kappa shape index (κ1) is 25.2.